The molecule has 0 bridgehead atoms. The molecule has 0 aliphatic carbocycles. The molecular formula is C37H56N2OSi2. The number of hydrogen-bond donors (Lipinski definition) is 1. The number of hydrogen-bond acceptors (Lipinski definition) is 2. The van der Waals surface area contributed by atoms with E-state index in [1.807, 2.05) is 12.1 Å². The van der Waals surface area contributed by atoms with Gasteiger partial charge >= 0.3 is 0 Å². The Bertz CT molecular complexity index is 1220. The SMILES string of the molecule is Cc1cc(C#C[Si](C(C)C)(C(C)C)C(C)C)c([C@@H](C)NC(=O)c2ccccn2)c(C#C[Si](C(C)C)(C(C)C)C(C)C)c1. The number of pyridine rings is 1. The van der Waals surface area contributed by atoms with Crippen LogP contribution in [0.2, 0.25) is 33.2 Å². The van der Waals surface area contributed by atoms with Crippen molar-refractivity contribution in [2.45, 2.75) is 136 Å². The van der Waals surface area contributed by atoms with Crippen LogP contribution in [0.15, 0.2) is 36.5 Å². The van der Waals surface area contributed by atoms with E-state index >= 15 is 0 Å². The lowest BCUT2D eigenvalue weighted by atomic mass is 9.93. The van der Waals surface area contributed by atoms with Crippen molar-refractivity contribution in [2.24, 2.45) is 0 Å². The van der Waals surface area contributed by atoms with Crippen molar-refractivity contribution in [3.8, 4) is 22.9 Å². The molecule has 42 heavy (non-hydrogen) atoms. The van der Waals surface area contributed by atoms with E-state index in [4.69, 9.17) is 0 Å². The van der Waals surface area contributed by atoms with Gasteiger partial charge in [-0.1, -0.05) is 101 Å². The number of rotatable bonds is 9. The normalized spacial score (nSPS) is 13.0. The molecule has 1 amide bonds. The lowest BCUT2D eigenvalue weighted by molar-refractivity contribution is 0.0935. The van der Waals surface area contributed by atoms with Crippen molar-refractivity contribution in [1.29, 1.82) is 0 Å². The fourth-order valence-corrected chi connectivity index (χ4v) is 18.0. The van der Waals surface area contributed by atoms with Gasteiger partial charge in [-0.25, -0.2) is 0 Å². The molecule has 0 unspecified atom stereocenters. The predicted octanol–water partition coefficient (Wildman–Crippen LogP) is 10.0. The summed E-state index contributed by atoms with van der Waals surface area (Å²) in [5, 5.41) is 3.23. The molecule has 0 spiro atoms. The molecule has 0 radical (unpaired) electrons. The smallest absolute Gasteiger partial charge is 0.270 e. The first-order valence-electron chi connectivity index (χ1n) is 15.9. The van der Waals surface area contributed by atoms with Crippen molar-refractivity contribution >= 4 is 22.1 Å². The lowest BCUT2D eigenvalue weighted by Crippen LogP contribution is -2.43. The average molecular weight is 601 g/mol. The number of benzene rings is 1. The Morgan fingerprint density at radius 1 is 0.690 bits per heavy atom. The number of carbonyl (C=O) groups excluding carboxylic acids is 1. The Morgan fingerprint density at radius 3 is 1.43 bits per heavy atom. The van der Waals surface area contributed by atoms with Gasteiger partial charge in [0, 0.05) is 22.9 Å². The van der Waals surface area contributed by atoms with Crippen LogP contribution in [0.1, 0.15) is 129 Å². The molecule has 1 heterocycles. The van der Waals surface area contributed by atoms with E-state index in [2.05, 4.69) is 142 Å². The van der Waals surface area contributed by atoms with Crippen LogP contribution in [0.25, 0.3) is 0 Å². The fourth-order valence-electron chi connectivity index (χ4n) is 7.53. The first kappa shape index (κ1) is 35.6. The largest absolute Gasteiger partial charge is 0.344 e. The van der Waals surface area contributed by atoms with Gasteiger partial charge in [-0.2, -0.15) is 0 Å². The highest BCUT2D eigenvalue weighted by Gasteiger charge is 2.43. The van der Waals surface area contributed by atoms with E-state index in [-0.39, 0.29) is 11.9 Å². The Morgan fingerprint density at radius 2 is 1.10 bits per heavy atom. The summed E-state index contributed by atoms with van der Waals surface area (Å²) < 4.78 is 0. The van der Waals surface area contributed by atoms with Crippen LogP contribution in [-0.2, 0) is 0 Å². The van der Waals surface area contributed by atoms with E-state index in [9.17, 15) is 4.79 Å². The van der Waals surface area contributed by atoms with E-state index < -0.39 is 16.1 Å². The molecular weight excluding hydrogens is 545 g/mol. The summed E-state index contributed by atoms with van der Waals surface area (Å²) in [6.07, 6.45) is 1.65. The van der Waals surface area contributed by atoms with Gasteiger partial charge in [0.15, 0.2) is 0 Å². The topological polar surface area (TPSA) is 42.0 Å². The van der Waals surface area contributed by atoms with Crippen molar-refractivity contribution in [1.82, 2.24) is 10.3 Å². The summed E-state index contributed by atoms with van der Waals surface area (Å²) in [6.45, 7) is 32.3. The maximum Gasteiger partial charge on any atom is 0.270 e. The molecule has 5 heteroatoms. The Labute approximate surface area is 260 Å². The Balaban J connectivity index is 2.89. The molecule has 1 aromatic carbocycles. The molecule has 0 fully saturated rings. The minimum absolute atomic E-state index is 0.188. The first-order valence-corrected chi connectivity index (χ1v) is 20.4. The van der Waals surface area contributed by atoms with Crippen LogP contribution in [0.5, 0.6) is 0 Å². The molecule has 0 aliphatic rings. The van der Waals surface area contributed by atoms with E-state index in [1.165, 1.54) is 0 Å². The maximum absolute atomic E-state index is 13.3. The Kier molecular flexibility index (Phi) is 12.5. The third-order valence-corrected chi connectivity index (χ3v) is 22.1. The number of aromatic nitrogens is 1. The second-order valence-electron chi connectivity index (χ2n) is 14.0. The molecule has 228 valence electrons. The van der Waals surface area contributed by atoms with E-state index in [1.54, 1.807) is 12.3 Å². The van der Waals surface area contributed by atoms with Crippen LogP contribution in [-0.4, -0.2) is 27.0 Å². The van der Waals surface area contributed by atoms with Crippen LogP contribution >= 0.6 is 0 Å². The number of nitrogens with one attached hydrogen (secondary N) is 1. The van der Waals surface area contributed by atoms with Crippen LogP contribution in [0.3, 0.4) is 0 Å². The quantitative estimate of drug-likeness (QED) is 0.230. The van der Waals surface area contributed by atoms with Crippen molar-refractivity contribution in [2.75, 3.05) is 0 Å². The molecule has 2 rings (SSSR count). The van der Waals surface area contributed by atoms with Crippen LogP contribution < -0.4 is 5.32 Å². The minimum atomic E-state index is -1.97. The van der Waals surface area contributed by atoms with Crippen molar-refractivity contribution in [3.63, 3.8) is 0 Å². The maximum atomic E-state index is 13.3. The van der Waals surface area contributed by atoms with Gasteiger partial charge in [0.1, 0.15) is 21.8 Å². The predicted molar refractivity (Wildman–Crippen MR) is 187 cm³/mol. The zero-order valence-corrected chi connectivity index (χ0v) is 30.9. The zero-order valence-electron chi connectivity index (χ0n) is 28.9. The van der Waals surface area contributed by atoms with Gasteiger partial charge in [-0.15, -0.1) is 11.1 Å². The van der Waals surface area contributed by atoms with E-state index in [0.29, 0.717) is 38.9 Å². The molecule has 3 nitrogen and oxygen atoms in total. The highest BCUT2D eigenvalue weighted by Crippen LogP contribution is 2.42. The van der Waals surface area contributed by atoms with Crippen LogP contribution in [0, 0.1) is 29.9 Å². The Hall–Kier alpha value is -2.61. The summed E-state index contributed by atoms with van der Waals surface area (Å²) >= 11 is 0. The number of aryl methyl sites for hydroxylation is 1. The number of nitrogens with zero attached hydrogens (tertiary/aromatic N) is 1. The molecule has 0 saturated heterocycles. The van der Waals surface area contributed by atoms with Crippen LogP contribution in [0.4, 0.5) is 0 Å². The standard InChI is InChI=1S/C37H56N2OSi2/c1-25(2)41(26(3)4,27(5)6)21-18-33-23-31(13)24-34(19-22-42(28(7)8,29(9)10)30(11)12)36(33)32(14)39-37(40)35-17-15-16-20-38-35/h15-17,20,23-30,32H,1-14H3,(H,39,40)/t32-/m1/s1. The second kappa shape index (κ2) is 14.7. The third kappa shape index (κ3) is 7.48. The highest BCUT2D eigenvalue weighted by molar-refractivity contribution is 6.91. The zero-order chi connectivity index (χ0) is 32.0. The third-order valence-electron chi connectivity index (χ3n) is 9.56. The molecule has 1 N–H and O–H groups in total. The summed E-state index contributed by atoms with van der Waals surface area (Å²) in [5.74, 6) is 7.27. The average Bonchev–Trinajstić information content (AvgIpc) is 2.88. The monoisotopic (exact) mass is 600 g/mol. The first-order chi connectivity index (χ1) is 19.5. The number of carbonyl (C=O) groups is 1. The molecule has 1 atom stereocenters. The van der Waals surface area contributed by atoms with Crippen molar-refractivity contribution < 1.29 is 4.79 Å². The summed E-state index contributed by atoms with van der Waals surface area (Å²) in [5.41, 5.74) is 15.6. The van der Waals surface area contributed by atoms with Gasteiger partial charge in [0.25, 0.3) is 5.91 Å². The van der Waals surface area contributed by atoms with E-state index in [0.717, 1.165) is 22.3 Å². The second-order valence-corrected chi connectivity index (χ2v) is 25.1. The summed E-state index contributed by atoms with van der Waals surface area (Å²) in [6, 6.07) is 9.51. The summed E-state index contributed by atoms with van der Waals surface area (Å²) in [4.78, 5) is 17.5. The van der Waals surface area contributed by atoms with Gasteiger partial charge in [-0.05, 0) is 76.9 Å². The highest BCUT2D eigenvalue weighted by atomic mass is 28.3. The van der Waals surface area contributed by atoms with Gasteiger partial charge in [0.2, 0.25) is 0 Å². The molecule has 0 aliphatic heterocycles. The van der Waals surface area contributed by atoms with Gasteiger partial charge in [-0.3, -0.25) is 9.78 Å². The molecule has 1 aromatic heterocycles. The molecule has 0 saturated carbocycles. The summed E-state index contributed by atoms with van der Waals surface area (Å²) in [7, 11) is -3.94. The minimum Gasteiger partial charge on any atom is -0.344 e. The lowest BCUT2D eigenvalue weighted by Gasteiger charge is -2.38. The van der Waals surface area contributed by atoms with Gasteiger partial charge in [0.05, 0.1) is 6.04 Å². The van der Waals surface area contributed by atoms with Gasteiger partial charge < -0.3 is 5.32 Å². The number of amides is 1. The molecule has 2 aromatic rings. The van der Waals surface area contributed by atoms with Crippen molar-refractivity contribution in [3.05, 3.63) is 64.5 Å². The fraction of sp³-hybridized carbons (Fsp3) is 0.568.